The van der Waals surface area contributed by atoms with Crippen molar-refractivity contribution in [3.63, 3.8) is 0 Å². The molecule has 2 aliphatic carbocycles. The van der Waals surface area contributed by atoms with Crippen LogP contribution in [-0.4, -0.2) is 39.7 Å². The molecular weight excluding hydrogens is 476 g/mol. The lowest BCUT2D eigenvalue weighted by atomic mass is 9.96. The molecule has 38 heavy (non-hydrogen) atoms. The molecule has 208 valence electrons. The summed E-state index contributed by atoms with van der Waals surface area (Å²) in [7, 11) is 1.82. The first-order valence-corrected chi connectivity index (χ1v) is 13.5. The van der Waals surface area contributed by atoms with E-state index in [4.69, 9.17) is 4.74 Å². The minimum Gasteiger partial charge on any atom is -0.478 e. The zero-order chi connectivity index (χ0) is 28.2. The normalized spacial score (nSPS) is 16.1. The van der Waals surface area contributed by atoms with E-state index in [1.807, 2.05) is 53.0 Å². The van der Waals surface area contributed by atoms with E-state index in [0.29, 0.717) is 18.4 Å². The molecule has 0 radical (unpaired) electrons. The van der Waals surface area contributed by atoms with Crippen LogP contribution in [0.3, 0.4) is 0 Å². The molecule has 1 aromatic heterocycles. The number of rotatable bonds is 12. The van der Waals surface area contributed by atoms with Crippen LogP contribution in [-0.2, 0) is 16.0 Å². The third kappa shape index (κ3) is 12.5. The van der Waals surface area contributed by atoms with Gasteiger partial charge in [-0.1, -0.05) is 44.7 Å². The molecule has 0 saturated heterocycles. The summed E-state index contributed by atoms with van der Waals surface area (Å²) in [6, 6.07) is 0.539. The third-order valence-corrected chi connectivity index (χ3v) is 5.52. The van der Waals surface area contributed by atoms with E-state index < -0.39 is 0 Å². The predicted molar refractivity (Wildman–Crippen MR) is 158 cm³/mol. The number of allylic oxidation sites excluding steroid dienone is 6. The Kier molecular flexibility index (Phi) is 16.5. The third-order valence-electron chi connectivity index (χ3n) is 5.52. The van der Waals surface area contributed by atoms with E-state index in [0.717, 1.165) is 29.8 Å². The number of nitrogens with one attached hydrogen (secondary N) is 2. The van der Waals surface area contributed by atoms with Crippen molar-refractivity contribution in [1.29, 1.82) is 0 Å². The van der Waals surface area contributed by atoms with Gasteiger partial charge in [0.25, 0.3) is 0 Å². The van der Waals surface area contributed by atoms with Crippen LogP contribution in [0.15, 0.2) is 84.6 Å². The zero-order valence-electron chi connectivity index (χ0n) is 23.8. The van der Waals surface area contributed by atoms with Crippen LogP contribution in [0.25, 0.3) is 0 Å². The molecule has 2 fully saturated rings. The first kappa shape index (κ1) is 32.3. The van der Waals surface area contributed by atoms with Crippen molar-refractivity contribution in [3.05, 3.63) is 85.4 Å². The molecule has 1 heterocycles. The summed E-state index contributed by atoms with van der Waals surface area (Å²) in [6.45, 7) is 15.0. The smallest absolute Gasteiger partial charge is 0.227 e. The molecule has 2 saturated carbocycles. The number of hydrogen-bond donors (Lipinski definition) is 2. The number of ether oxygens (including phenoxy) is 1. The highest BCUT2D eigenvalue weighted by Crippen LogP contribution is 2.35. The largest absolute Gasteiger partial charge is 0.478 e. The number of nitrogens with zero attached hydrogens (tertiary/aromatic N) is 4. The van der Waals surface area contributed by atoms with E-state index in [1.165, 1.54) is 19.3 Å². The van der Waals surface area contributed by atoms with E-state index in [9.17, 15) is 4.79 Å². The number of hydrogen-bond acceptors (Lipinski definition) is 6. The number of aromatic nitrogens is 3. The minimum absolute atomic E-state index is 0.110. The van der Waals surface area contributed by atoms with Gasteiger partial charge in [0.15, 0.2) is 5.90 Å². The standard InChI is InChI=1S/C25H34N6O2.C3H6.C2H6/c1-4-20(17-28-19(2)33-23-7-5-8-23)21(14-16-26-3)10-13-25(32)27-15-6-9-24-30-29-18-31(24)22-11-12-22;1-3-2;1-2/h4,6,10,14-18,22-23,26H,1,5,7-9,11-13H2,2-3H3,(H,27,32);3H,1H2,2H3;1-2H3/b15-6+,16-14-,20-17+,21-10+,28-19?;;. The molecule has 1 aromatic rings. The Hall–Kier alpha value is -3.68. The number of amides is 1. The van der Waals surface area contributed by atoms with Crippen molar-refractivity contribution in [1.82, 2.24) is 25.4 Å². The van der Waals surface area contributed by atoms with Gasteiger partial charge in [0, 0.05) is 45.3 Å². The van der Waals surface area contributed by atoms with Crippen molar-refractivity contribution in [3.8, 4) is 0 Å². The summed E-state index contributed by atoms with van der Waals surface area (Å²) < 4.78 is 7.90. The molecule has 0 bridgehead atoms. The average Bonchev–Trinajstić information content (AvgIpc) is 3.64. The van der Waals surface area contributed by atoms with Crippen molar-refractivity contribution >= 4 is 11.8 Å². The summed E-state index contributed by atoms with van der Waals surface area (Å²) in [5.74, 6) is 1.44. The first-order valence-electron chi connectivity index (χ1n) is 13.5. The second-order valence-electron chi connectivity index (χ2n) is 8.56. The molecule has 0 aliphatic heterocycles. The van der Waals surface area contributed by atoms with Crippen molar-refractivity contribution < 1.29 is 9.53 Å². The number of aliphatic imine (C=N–C) groups is 1. The van der Waals surface area contributed by atoms with Crippen LogP contribution in [0.2, 0.25) is 0 Å². The Labute approximate surface area is 229 Å². The quantitative estimate of drug-likeness (QED) is 0.149. The SMILES string of the molecule is C=CC.C=CC(=C\N=C(C)OC1CCC1)/C(/C=C\NC)=C/CC(=O)N/C=C/Cc1nncn1C1CC1.CC. The van der Waals surface area contributed by atoms with Crippen molar-refractivity contribution in [2.75, 3.05) is 7.05 Å². The minimum atomic E-state index is -0.110. The summed E-state index contributed by atoms with van der Waals surface area (Å²) >= 11 is 0. The fraction of sp³-hybridized carbons (Fsp3) is 0.467. The van der Waals surface area contributed by atoms with Crippen LogP contribution in [0, 0.1) is 0 Å². The first-order chi connectivity index (χ1) is 18.5. The van der Waals surface area contributed by atoms with Crippen LogP contribution in [0.5, 0.6) is 0 Å². The summed E-state index contributed by atoms with van der Waals surface area (Å²) in [5.41, 5.74) is 1.65. The van der Waals surface area contributed by atoms with Crippen LogP contribution in [0.1, 0.15) is 78.1 Å². The lowest BCUT2D eigenvalue weighted by molar-refractivity contribution is -0.119. The molecule has 8 nitrogen and oxygen atoms in total. The second kappa shape index (κ2) is 19.4. The van der Waals surface area contributed by atoms with Crippen molar-refractivity contribution in [2.24, 2.45) is 4.99 Å². The second-order valence-corrected chi connectivity index (χ2v) is 8.56. The molecule has 0 unspecified atom stereocenters. The maximum absolute atomic E-state index is 12.3. The van der Waals surface area contributed by atoms with Gasteiger partial charge in [-0.05, 0) is 62.5 Å². The molecule has 3 rings (SSSR count). The molecule has 0 aromatic carbocycles. The van der Waals surface area contributed by atoms with Crippen LogP contribution in [0.4, 0.5) is 0 Å². The van der Waals surface area contributed by atoms with E-state index in [2.05, 4.69) is 43.5 Å². The average molecular weight is 523 g/mol. The monoisotopic (exact) mass is 522 g/mol. The molecule has 0 atom stereocenters. The highest BCUT2D eigenvalue weighted by molar-refractivity contribution is 5.79. The topological polar surface area (TPSA) is 93.4 Å². The lowest BCUT2D eigenvalue weighted by Crippen LogP contribution is -2.23. The Morgan fingerprint density at radius 3 is 2.50 bits per heavy atom. The van der Waals surface area contributed by atoms with Crippen molar-refractivity contribution in [2.45, 2.75) is 84.8 Å². The van der Waals surface area contributed by atoms with Gasteiger partial charge in [-0.3, -0.25) is 4.79 Å². The van der Waals surface area contributed by atoms with Gasteiger partial charge in [-0.2, -0.15) is 0 Å². The van der Waals surface area contributed by atoms with E-state index >= 15 is 0 Å². The Bertz CT molecular complexity index is 1010. The van der Waals surface area contributed by atoms with E-state index in [1.54, 1.807) is 37.1 Å². The van der Waals surface area contributed by atoms with Gasteiger partial charge < -0.3 is 19.9 Å². The summed E-state index contributed by atoms with van der Waals surface area (Å²) in [5, 5.41) is 13.9. The molecule has 2 N–H and O–H groups in total. The zero-order valence-corrected chi connectivity index (χ0v) is 23.8. The van der Waals surface area contributed by atoms with Gasteiger partial charge in [-0.15, -0.1) is 16.8 Å². The van der Waals surface area contributed by atoms with Gasteiger partial charge in [0.2, 0.25) is 5.91 Å². The number of carbonyl (C=O) groups is 1. The molecule has 8 heteroatoms. The predicted octanol–water partition coefficient (Wildman–Crippen LogP) is 6.11. The maximum Gasteiger partial charge on any atom is 0.227 e. The van der Waals surface area contributed by atoms with E-state index in [-0.39, 0.29) is 18.4 Å². The Balaban J connectivity index is 0.00000135. The summed E-state index contributed by atoms with van der Waals surface area (Å²) in [4.78, 5) is 16.8. The van der Waals surface area contributed by atoms with Crippen LogP contribution < -0.4 is 10.6 Å². The highest BCUT2D eigenvalue weighted by Gasteiger charge is 2.25. The maximum atomic E-state index is 12.3. The molecule has 0 spiro atoms. The van der Waals surface area contributed by atoms with Gasteiger partial charge in [-0.25, -0.2) is 4.99 Å². The lowest BCUT2D eigenvalue weighted by Gasteiger charge is -2.25. The number of carbonyl (C=O) groups excluding carboxylic acids is 1. The van der Waals surface area contributed by atoms with Crippen LogP contribution >= 0.6 is 0 Å². The Morgan fingerprint density at radius 1 is 1.21 bits per heavy atom. The summed E-state index contributed by atoms with van der Waals surface area (Å²) in [6.07, 6.45) is 23.0. The van der Waals surface area contributed by atoms with Gasteiger partial charge >= 0.3 is 0 Å². The van der Waals surface area contributed by atoms with Gasteiger partial charge in [0.1, 0.15) is 18.3 Å². The highest BCUT2D eigenvalue weighted by atomic mass is 16.5. The van der Waals surface area contributed by atoms with Gasteiger partial charge in [0.05, 0.1) is 0 Å². The Morgan fingerprint density at radius 2 is 1.92 bits per heavy atom. The fourth-order valence-corrected chi connectivity index (χ4v) is 3.27. The molecule has 2 aliphatic rings. The molecule has 1 amide bonds. The molecular formula is C30H46N6O2. The fourth-order valence-electron chi connectivity index (χ4n) is 3.27.